The summed E-state index contributed by atoms with van der Waals surface area (Å²) in [6.45, 7) is 0.882. The van der Waals surface area contributed by atoms with Gasteiger partial charge in [0.2, 0.25) is 0 Å². The van der Waals surface area contributed by atoms with Crippen molar-refractivity contribution in [3.63, 3.8) is 0 Å². The molecule has 1 saturated carbocycles. The number of phenolic OH excluding ortho intramolecular Hbond substituents is 2. The standard InChI is InChI=1S/C27H32N2O6.2ClH/c1-29-12-11-26-22-16-5-8-20(31)23(22)35-24(26)18(9-10-27(26,34-2)21(29)14-16)28-19(25(32)33)13-15-3-6-17(30)7-4-15;;/h3-8,18-19,21,24,28,30-31H,9-14H2,1-2H3,(H,32,33);2*1H/t18-,19-,21+,24-,26-,27+;;/m0../s1. The van der Waals surface area contributed by atoms with Gasteiger partial charge < -0.3 is 29.7 Å². The lowest BCUT2D eigenvalue weighted by Crippen LogP contribution is -2.78. The third-order valence-electron chi connectivity index (χ3n) is 9.14. The highest BCUT2D eigenvalue weighted by Gasteiger charge is 2.73. The smallest absolute Gasteiger partial charge is 0.321 e. The molecule has 6 rings (SSSR count). The van der Waals surface area contributed by atoms with E-state index in [1.165, 1.54) is 5.56 Å². The van der Waals surface area contributed by atoms with Gasteiger partial charge in [0.1, 0.15) is 17.9 Å². The molecule has 0 amide bonds. The molecule has 2 aliphatic heterocycles. The Bertz CT molecular complexity index is 1180. The van der Waals surface area contributed by atoms with E-state index in [0.29, 0.717) is 12.2 Å². The number of aliphatic carboxylic acids is 1. The van der Waals surface area contributed by atoms with Crippen molar-refractivity contribution in [1.29, 1.82) is 0 Å². The van der Waals surface area contributed by atoms with Gasteiger partial charge in [-0.3, -0.25) is 10.1 Å². The van der Waals surface area contributed by atoms with Crippen molar-refractivity contribution in [2.45, 2.75) is 67.3 Å². The summed E-state index contributed by atoms with van der Waals surface area (Å²) in [5, 5.41) is 33.9. The van der Waals surface area contributed by atoms with Crippen LogP contribution in [0.4, 0.5) is 0 Å². The Morgan fingerprint density at radius 2 is 1.92 bits per heavy atom. The monoisotopic (exact) mass is 552 g/mol. The molecule has 2 heterocycles. The van der Waals surface area contributed by atoms with Gasteiger partial charge >= 0.3 is 5.97 Å². The van der Waals surface area contributed by atoms with E-state index in [9.17, 15) is 20.1 Å². The number of carboxylic acid groups (broad SMARTS) is 1. The molecule has 10 heteroatoms. The van der Waals surface area contributed by atoms with Crippen molar-refractivity contribution in [1.82, 2.24) is 10.2 Å². The first-order valence-corrected chi connectivity index (χ1v) is 12.3. The van der Waals surface area contributed by atoms with Crippen LogP contribution in [0.2, 0.25) is 0 Å². The maximum atomic E-state index is 12.3. The van der Waals surface area contributed by atoms with Crippen molar-refractivity contribution >= 4 is 30.8 Å². The molecule has 4 aliphatic rings. The zero-order chi connectivity index (χ0) is 24.5. The number of hydrogen-bond donors (Lipinski definition) is 4. The van der Waals surface area contributed by atoms with E-state index in [0.717, 1.165) is 36.9 Å². The lowest BCUT2D eigenvalue weighted by molar-refractivity contribution is -0.204. The molecule has 2 aromatic rings. The summed E-state index contributed by atoms with van der Waals surface area (Å²) in [5.74, 6) is -0.107. The second kappa shape index (κ2) is 9.82. The van der Waals surface area contributed by atoms with E-state index in [1.54, 1.807) is 37.4 Å². The zero-order valence-electron chi connectivity index (χ0n) is 20.8. The Morgan fingerprint density at radius 1 is 1.19 bits per heavy atom. The molecule has 0 unspecified atom stereocenters. The molecule has 1 saturated heterocycles. The number of hydrogen-bond acceptors (Lipinski definition) is 7. The van der Waals surface area contributed by atoms with Gasteiger partial charge in [-0.2, -0.15) is 0 Å². The van der Waals surface area contributed by atoms with Gasteiger partial charge in [0.25, 0.3) is 0 Å². The molecule has 2 aromatic carbocycles. The maximum Gasteiger partial charge on any atom is 0.321 e. The highest BCUT2D eigenvalue weighted by molar-refractivity contribution is 5.85. The van der Waals surface area contributed by atoms with Crippen LogP contribution < -0.4 is 10.1 Å². The number of nitrogens with one attached hydrogen (secondary N) is 1. The van der Waals surface area contributed by atoms with Gasteiger partial charge in [-0.25, -0.2) is 0 Å². The Balaban J connectivity index is 0.00000160. The Kier molecular flexibility index (Phi) is 7.38. The Labute approximate surface area is 228 Å². The SMILES string of the molecule is CO[C@@]12CC[C@H](N[C@@H](Cc3ccc(O)cc3)C(=O)O)[C@@H]3Oc4c(O)ccc5c4[C@@]31CCN(C)[C@@H]2C5.Cl.Cl. The molecule has 202 valence electrons. The third kappa shape index (κ3) is 3.80. The summed E-state index contributed by atoms with van der Waals surface area (Å²) in [6, 6.07) is 9.50. The van der Waals surface area contributed by atoms with Gasteiger partial charge in [-0.05, 0) is 75.0 Å². The third-order valence-corrected chi connectivity index (χ3v) is 9.14. The first-order valence-electron chi connectivity index (χ1n) is 12.3. The molecule has 0 aromatic heterocycles. The van der Waals surface area contributed by atoms with E-state index in [4.69, 9.17) is 9.47 Å². The summed E-state index contributed by atoms with van der Waals surface area (Å²) in [7, 11) is 3.94. The molecule has 1 spiro atoms. The molecule has 8 nitrogen and oxygen atoms in total. The number of halogens is 2. The van der Waals surface area contributed by atoms with Crippen molar-refractivity contribution in [3.8, 4) is 17.2 Å². The first-order chi connectivity index (χ1) is 16.8. The van der Waals surface area contributed by atoms with E-state index in [1.807, 2.05) is 6.07 Å². The number of aromatic hydroxyl groups is 2. The van der Waals surface area contributed by atoms with E-state index in [2.05, 4.69) is 17.3 Å². The lowest BCUT2D eigenvalue weighted by atomic mass is 9.48. The summed E-state index contributed by atoms with van der Waals surface area (Å²) < 4.78 is 13.0. The normalized spacial score (nSPS) is 31.8. The molecule has 37 heavy (non-hydrogen) atoms. The lowest BCUT2D eigenvalue weighted by Gasteiger charge is -2.65. The minimum atomic E-state index is -0.928. The van der Waals surface area contributed by atoms with Crippen LogP contribution >= 0.6 is 24.8 Å². The molecule has 2 bridgehead atoms. The second-order valence-electron chi connectivity index (χ2n) is 10.6. The number of benzene rings is 2. The highest BCUT2D eigenvalue weighted by atomic mass is 35.5. The molecule has 2 fully saturated rings. The van der Waals surface area contributed by atoms with Crippen LogP contribution in [0, 0.1) is 0 Å². The second-order valence-corrected chi connectivity index (χ2v) is 10.6. The van der Waals surface area contributed by atoms with Crippen LogP contribution in [0.3, 0.4) is 0 Å². The van der Waals surface area contributed by atoms with Gasteiger partial charge in [0.15, 0.2) is 11.5 Å². The Morgan fingerprint density at radius 3 is 2.59 bits per heavy atom. The van der Waals surface area contributed by atoms with Crippen LogP contribution in [0.1, 0.15) is 36.0 Å². The van der Waals surface area contributed by atoms with Gasteiger partial charge in [-0.1, -0.05) is 18.2 Å². The van der Waals surface area contributed by atoms with E-state index in [-0.39, 0.29) is 60.9 Å². The number of ether oxygens (including phenoxy) is 2. The fraction of sp³-hybridized carbons (Fsp3) is 0.519. The van der Waals surface area contributed by atoms with E-state index >= 15 is 0 Å². The van der Waals surface area contributed by atoms with Gasteiger partial charge in [-0.15, -0.1) is 24.8 Å². The number of methoxy groups -OCH3 is 1. The summed E-state index contributed by atoms with van der Waals surface area (Å²) in [4.78, 5) is 14.7. The average molecular weight is 553 g/mol. The van der Waals surface area contributed by atoms with Crippen molar-refractivity contribution in [3.05, 3.63) is 53.1 Å². The number of carboxylic acids is 1. The minimum Gasteiger partial charge on any atom is -0.508 e. The molecular formula is C27H34Cl2N2O6. The summed E-state index contributed by atoms with van der Waals surface area (Å²) in [6.07, 6.45) is 3.06. The van der Waals surface area contributed by atoms with Crippen molar-refractivity contribution < 1.29 is 29.6 Å². The fourth-order valence-electron chi connectivity index (χ4n) is 7.65. The van der Waals surface area contributed by atoms with Crippen LogP contribution in [0.25, 0.3) is 0 Å². The van der Waals surface area contributed by atoms with Crippen LogP contribution in [0.5, 0.6) is 17.2 Å². The average Bonchev–Trinajstić information content (AvgIpc) is 3.20. The van der Waals surface area contributed by atoms with Crippen molar-refractivity contribution in [2.24, 2.45) is 0 Å². The maximum absolute atomic E-state index is 12.3. The van der Waals surface area contributed by atoms with Gasteiger partial charge in [0.05, 0.1) is 11.0 Å². The predicted molar refractivity (Wildman–Crippen MR) is 143 cm³/mol. The number of likely N-dealkylation sites (tertiary alicyclic amines) is 1. The van der Waals surface area contributed by atoms with Crippen LogP contribution in [-0.4, -0.2) is 76.7 Å². The largest absolute Gasteiger partial charge is 0.508 e. The Hall–Kier alpha value is -2.23. The molecule has 2 aliphatic carbocycles. The van der Waals surface area contributed by atoms with Crippen LogP contribution in [-0.2, 0) is 27.8 Å². The first kappa shape index (κ1) is 27.8. The number of carbonyl (C=O) groups is 1. The zero-order valence-corrected chi connectivity index (χ0v) is 22.5. The number of nitrogens with zero attached hydrogens (tertiary/aromatic N) is 1. The number of likely N-dealkylation sites (N-methyl/N-ethyl adjacent to an activating group) is 1. The summed E-state index contributed by atoms with van der Waals surface area (Å²) >= 11 is 0. The van der Waals surface area contributed by atoms with Gasteiger partial charge in [0, 0.05) is 24.8 Å². The van der Waals surface area contributed by atoms with Crippen LogP contribution in [0.15, 0.2) is 36.4 Å². The molecule has 6 atom stereocenters. The fourth-order valence-corrected chi connectivity index (χ4v) is 7.65. The number of rotatable bonds is 6. The van der Waals surface area contributed by atoms with E-state index < -0.39 is 23.0 Å². The molecule has 4 N–H and O–H groups in total. The quantitative estimate of drug-likeness (QED) is 0.432. The topological polar surface area (TPSA) is 111 Å². The number of piperidine rings is 1. The van der Waals surface area contributed by atoms with Crippen molar-refractivity contribution in [2.75, 3.05) is 20.7 Å². The highest BCUT2D eigenvalue weighted by Crippen LogP contribution is 2.66. The number of phenols is 2. The minimum absolute atomic E-state index is 0. The summed E-state index contributed by atoms with van der Waals surface area (Å²) in [5.41, 5.74) is 2.15. The predicted octanol–water partition coefficient (Wildman–Crippen LogP) is 3.03. The molecular weight excluding hydrogens is 519 g/mol. The molecule has 0 radical (unpaired) electrons.